The van der Waals surface area contributed by atoms with Gasteiger partial charge in [0.2, 0.25) is 0 Å². The Kier molecular flexibility index (Phi) is 5.06. The first-order valence-corrected chi connectivity index (χ1v) is 8.34. The number of hydrogen-bond acceptors (Lipinski definition) is 4. The van der Waals surface area contributed by atoms with Gasteiger partial charge in [-0.25, -0.2) is 0 Å². The quantitative estimate of drug-likeness (QED) is 0.602. The summed E-state index contributed by atoms with van der Waals surface area (Å²) in [5, 5.41) is 0. The van der Waals surface area contributed by atoms with Crippen LogP contribution in [0.2, 0.25) is 3.93 Å². The summed E-state index contributed by atoms with van der Waals surface area (Å²) in [6, 6.07) is 0. The van der Waals surface area contributed by atoms with Crippen molar-refractivity contribution < 1.29 is 27.1 Å². The number of esters is 1. The van der Waals surface area contributed by atoms with Crippen LogP contribution in [0.4, 0.5) is 13.2 Å². The van der Waals surface area contributed by atoms with Crippen LogP contribution in [0.1, 0.15) is 37.0 Å². The van der Waals surface area contributed by atoms with Gasteiger partial charge in [0.1, 0.15) is 0 Å². The van der Waals surface area contributed by atoms with Crippen LogP contribution in [-0.4, -0.2) is 38.7 Å². The Morgan fingerprint density at radius 1 is 1.50 bits per heavy atom. The summed E-state index contributed by atoms with van der Waals surface area (Å²) in [6.45, 7) is 5.25. The van der Waals surface area contributed by atoms with E-state index in [2.05, 4.69) is 9.72 Å². The number of hydrogen-bond donors (Lipinski definition) is 0. The molecule has 0 aliphatic carbocycles. The van der Waals surface area contributed by atoms with E-state index in [9.17, 15) is 18.0 Å². The summed E-state index contributed by atoms with van der Waals surface area (Å²) in [5.74, 6) is -1.95. The first kappa shape index (κ1) is 15.3. The fraction of sp³-hybridized carbons (Fsp3) is 0.600. The van der Waals surface area contributed by atoms with E-state index in [1.165, 1.54) is 6.92 Å². The minimum atomic E-state index is -4.71. The molecule has 100 valence electrons. The summed E-state index contributed by atoms with van der Waals surface area (Å²) in [4.78, 5) is 14.8. The Hall–Kier alpha value is -0.731. The fourth-order valence-corrected chi connectivity index (χ4v) is 3.53. The maximum atomic E-state index is 12.7. The van der Waals surface area contributed by atoms with Crippen LogP contribution in [0.3, 0.4) is 0 Å². The summed E-state index contributed by atoms with van der Waals surface area (Å²) in [7, 11) is 0. The van der Waals surface area contributed by atoms with Crippen molar-refractivity contribution in [3.63, 3.8) is 0 Å². The Labute approximate surface area is 112 Å². The minimum absolute atomic E-state index is 0.0175. The molecule has 0 unspecified atom stereocenters. The predicted octanol–water partition coefficient (Wildman–Crippen LogP) is 2.03. The van der Waals surface area contributed by atoms with Gasteiger partial charge in [0.05, 0.1) is 0 Å². The summed E-state index contributed by atoms with van der Waals surface area (Å²) in [5.41, 5.74) is -1.28. The van der Waals surface area contributed by atoms with E-state index in [-0.39, 0.29) is 14.4 Å². The van der Waals surface area contributed by atoms with E-state index in [1.807, 2.05) is 13.8 Å². The number of oxazole rings is 1. The molecule has 0 atom stereocenters. The molecule has 2 radical (unpaired) electrons. The van der Waals surface area contributed by atoms with Crippen molar-refractivity contribution in [2.45, 2.75) is 30.9 Å². The second kappa shape index (κ2) is 5.94. The monoisotopic (exact) mass is 371 g/mol. The Morgan fingerprint density at radius 3 is 2.56 bits per heavy atom. The Bertz CT molecular complexity index is 428. The molecule has 0 saturated carbocycles. The molecule has 0 bridgehead atoms. The standard InChI is InChI=1S/C7H5F3NO3.C3H7.Sn/c1-2-13-6(12)4-5(7(8,9)10)11-3-14-4;1-3-2;/h2H2,1H3;3H,1-2H3;. The van der Waals surface area contributed by atoms with Gasteiger partial charge in [-0.15, -0.1) is 0 Å². The number of alkyl halides is 3. The molecule has 0 N–H and O–H groups in total. The van der Waals surface area contributed by atoms with Gasteiger partial charge in [-0.1, -0.05) is 0 Å². The van der Waals surface area contributed by atoms with Gasteiger partial charge in [-0.2, -0.15) is 0 Å². The third-order valence-electron chi connectivity index (χ3n) is 1.77. The fourth-order valence-electron chi connectivity index (χ4n) is 1.16. The number of aromatic nitrogens is 1. The van der Waals surface area contributed by atoms with E-state index in [0.29, 0.717) is 0 Å². The first-order chi connectivity index (χ1) is 8.25. The van der Waals surface area contributed by atoms with E-state index >= 15 is 0 Å². The van der Waals surface area contributed by atoms with Crippen LogP contribution in [0, 0.1) is 0 Å². The molecule has 18 heavy (non-hydrogen) atoms. The van der Waals surface area contributed by atoms with Gasteiger partial charge in [0.25, 0.3) is 0 Å². The Balaban J connectivity index is 3.13. The summed E-state index contributed by atoms with van der Waals surface area (Å²) < 4.78 is 47.8. The third-order valence-corrected chi connectivity index (χ3v) is 4.73. The van der Waals surface area contributed by atoms with E-state index in [1.54, 1.807) is 0 Å². The molecular formula is C10H12F3NO3Sn. The van der Waals surface area contributed by atoms with Gasteiger partial charge >= 0.3 is 112 Å². The predicted molar refractivity (Wildman–Crippen MR) is 57.9 cm³/mol. The van der Waals surface area contributed by atoms with Crippen molar-refractivity contribution in [2.75, 3.05) is 6.61 Å². The molecule has 4 nitrogen and oxygen atoms in total. The second-order valence-electron chi connectivity index (χ2n) is 3.71. The number of carbonyl (C=O) groups is 1. The number of nitrogens with zero attached hydrogens (tertiary/aromatic N) is 1. The van der Waals surface area contributed by atoms with Crippen LogP contribution in [0.5, 0.6) is 0 Å². The molecule has 1 aromatic heterocycles. The molecule has 1 heterocycles. The van der Waals surface area contributed by atoms with Gasteiger partial charge in [0.15, 0.2) is 0 Å². The molecule has 0 aromatic carbocycles. The average Bonchev–Trinajstić information content (AvgIpc) is 2.60. The van der Waals surface area contributed by atoms with E-state index < -0.39 is 44.7 Å². The molecule has 0 fully saturated rings. The topological polar surface area (TPSA) is 52.3 Å². The van der Waals surface area contributed by atoms with Crippen molar-refractivity contribution in [1.29, 1.82) is 0 Å². The second-order valence-corrected chi connectivity index (χ2v) is 9.05. The number of carbonyl (C=O) groups excluding carboxylic acids is 1. The van der Waals surface area contributed by atoms with Crippen molar-refractivity contribution in [3.05, 3.63) is 11.5 Å². The zero-order chi connectivity index (χ0) is 13.9. The third kappa shape index (κ3) is 3.89. The van der Waals surface area contributed by atoms with Gasteiger partial charge in [0, 0.05) is 0 Å². The molecule has 0 spiro atoms. The molecule has 0 amide bonds. The Morgan fingerprint density at radius 2 is 2.11 bits per heavy atom. The van der Waals surface area contributed by atoms with Crippen molar-refractivity contribution >= 4 is 31.0 Å². The van der Waals surface area contributed by atoms with Crippen molar-refractivity contribution in [3.8, 4) is 0 Å². The molecule has 1 aromatic rings. The molecule has 0 aliphatic heterocycles. The zero-order valence-electron chi connectivity index (χ0n) is 10.1. The molecular weight excluding hydrogens is 358 g/mol. The number of ether oxygens (including phenoxy) is 1. The molecule has 0 aliphatic rings. The first-order valence-electron chi connectivity index (χ1n) is 5.27. The SMILES string of the molecule is CCOC(=O)c1o[c]([Sn][CH](C)C)nc1C(F)(F)F. The summed E-state index contributed by atoms with van der Waals surface area (Å²) >= 11 is -1.36. The van der Waals surface area contributed by atoms with Crippen LogP contribution in [0.25, 0.3) is 0 Å². The molecule has 1 rings (SSSR count). The zero-order valence-corrected chi connectivity index (χ0v) is 12.9. The molecule has 0 saturated heterocycles. The maximum absolute atomic E-state index is 12.7. The van der Waals surface area contributed by atoms with Gasteiger partial charge < -0.3 is 0 Å². The van der Waals surface area contributed by atoms with Crippen LogP contribution >= 0.6 is 0 Å². The van der Waals surface area contributed by atoms with Gasteiger partial charge in [-0.05, 0) is 0 Å². The van der Waals surface area contributed by atoms with Crippen LogP contribution in [0.15, 0.2) is 4.42 Å². The van der Waals surface area contributed by atoms with E-state index in [0.717, 1.165) is 0 Å². The number of rotatable bonds is 4. The van der Waals surface area contributed by atoms with Gasteiger partial charge in [-0.3, -0.25) is 0 Å². The summed E-state index contributed by atoms with van der Waals surface area (Å²) in [6.07, 6.45) is -4.71. The van der Waals surface area contributed by atoms with Crippen LogP contribution in [-0.2, 0) is 10.9 Å². The van der Waals surface area contributed by atoms with E-state index in [4.69, 9.17) is 4.42 Å². The van der Waals surface area contributed by atoms with Crippen molar-refractivity contribution in [1.82, 2.24) is 4.98 Å². The van der Waals surface area contributed by atoms with Crippen LogP contribution < -0.4 is 3.91 Å². The number of halogens is 3. The van der Waals surface area contributed by atoms with Crippen molar-refractivity contribution in [2.24, 2.45) is 0 Å². The normalized spacial score (nSPS) is 11.9. The molecule has 8 heteroatoms. The average molecular weight is 370 g/mol.